The van der Waals surface area contributed by atoms with Crippen molar-refractivity contribution in [3.63, 3.8) is 0 Å². The zero-order valence-corrected chi connectivity index (χ0v) is 15.1. The molecule has 0 aliphatic rings. The fourth-order valence-corrected chi connectivity index (χ4v) is 4.46. The largest absolute Gasteiger partial charge is 0.483 e. The molecule has 0 bridgehead atoms. The Morgan fingerprint density at radius 2 is 2.12 bits per heavy atom. The van der Waals surface area contributed by atoms with Gasteiger partial charge in [-0.05, 0) is 30.5 Å². The highest BCUT2D eigenvalue weighted by Crippen LogP contribution is 2.38. The van der Waals surface area contributed by atoms with E-state index >= 15 is 0 Å². The van der Waals surface area contributed by atoms with Gasteiger partial charge in [0.25, 0.3) is 5.91 Å². The van der Waals surface area contributed by atoms with E-state index in [-0.39, 0.29) is 12.3 Å². The van der Waals surface area contributed by atoms with Crippen LogP contribution in [0.3, 0.4) is 0 Å². The van der Waals surface area contributed by atoms with Crippen molar-refractivity contribution in [2.24, 2.45) is 0 Å². The van der Waals surface area contributed by atoms with Crippen LogP contribution in [0.5, 0.6) is 5.75 Å². The highest BCUT2D eigenvalue weighted by molar-refractivity contribution is 7.21. The van der Waals surface area contributed by atoms with Crippen molar-refractivity contribution in [3.05, 3.63) is 52.4 Å². The maximum absolute atomic E-state index is 13.6. The summed E-state index contributed by atoms with van der Waals surface area (Å²) in [7, 11) is 0. The third kappa shape index (κ3) is 3.13. The molecule has 0 fully saturated rings. The first kappa shape index (κ1) is 16.9. The van der Waals surface area contributed by atoms with Crippen LogP contribution in [0.1, 0.15) is 5.01 Å². The van der Waals surface area contributed by atoms with Crippen LogP contribution in [-0.4, -0.2) is 17.5 Å². The maximum Gasteiger partial charge on any atom is 0.262 e. The number of thiazole rings is 1. The van der Waals surface area contributed by atoms with Gasteiger partial charge in [0.15, 0.2) is 6.61 Å². The Balaban J connectivity index is 1.55. The number of hydrogen-bond donors (Lipinski definition) is 1. The lowest BCUT2D eigenvalue weighted by molar-refractivity contribution is -0.118. The number of thiophene rings is 1. The number of amides is 1. The van der Waals surface area contributed by atoms with E-state index in [1.165, 1.54) is 6.07 Å². The number of hydrogen-bond acceptors (Lipinski definition) is 5. The number of fused-ring (bicyclic) bond motifs is 3. The molecule has 4 rings (SSSR count). The number of nitrogens with zero attached hydrogens (tertiary/aromatic N) is 1. The van der Waals surface area contributed by atoms with Gasteiger partial charge in [-0.2, -0.15) is 0 Å². The molecule has 26 heavy (non-hydrogen) atoms. The van der Waals surface area contributed by atoms with Gasteiger partial charge in [-0.15, -0.1) is 22.7 Å². The van der Waals surface area contributed by atoms with E-state index in [0.717, 1.165) is 31.4 Å². The number of anilines is 1. The van der Waals surface area contributed by atoms with Crippen LogP contribution >= 0.6 is 22.7 Å². The molecule has 4 nitrogen and oxygen atoms in total. The molecule has 0 spiro atoms. The van der Waals surface area contributed by atoms with E-state index in [4.69, 9.17) is 4.74 Å². The van der Waals surface area contributed by atoms with Crippen molar-refractivity contribution in [3.8, 4) is 5.75 Å². The predicted molar refractivity (Wildman–Crippen MR) is 100 cm³/mol. The Morgan fingerprint density at radius 1 is 1.27 bits per heavy atom. The first-order chi connectivity index (χ1) is 12.5. The van der Waals surface area contributed by atoms with Crippen LogP contribution in [0.25, 0.3) is 20.3 Å². The van der Waals surface area contributed by atoms with Crippen molar-refractivity contribution in [1.29, 1.82) is 0 Å². The number of halogens is 2. The van der Waals surface area contributed by atoms with Gasteiger partial charge in [0.1, 0.15) is 17.4 Å². The summed E-state index contributed by atoms with van der Waals surface area (Å²) in [4.78, 5) is 16.6. The number of carbonyl (C=O) groups excluding carboxylic acids is 1. The monoisotopic (exact) mass is 390 g/mol. The summed E-state index contributed by atoms with van der Waals surface area (Å²) in [5.41, 5.74) is 0.844. The highest BCUT2D eigenvalue weighted by Gasteiger charge is 2.14. The molecular weight excluding hydrogens is 378 g/mol. The van der Waals surface area contributed by atoms with Gasteiger partial charge >= 0.3 is 0 Å². The molecule has 1 N–H and O–H groups in total. The molecule has 2 aromatic carbocycles. The van der Waals surface area contributed by atoms with Crippen LogP contribution in [0, 0.1) is 18.6 Å². The lowest BCUT2D eigenvalue weighted by Gasteiger charge is -2.09. The third-order valence-corrected chi connectivity index (χ3v) is 5.57. The normalized spacial score (nSPS) is 11.2. The van der Waals surface area contributed by atoms with E-state index in [0.29, 0.717) is 11.8 Å². The van der Waals surface area contributed by atoms with Crippen LogP contribution < -0.4 is 10.1 Å². The predicted octanol–water partition coefficient (Wildman–Crippen LogP) is 5.12. The summed E-state index contributed by atoms with van der Waals surface area (Å²) in [6.45, 7) is 1.65. The Morgan fingerprint density at radius 3 is 2.92 bits per heavy atom. The summed E-state index contributed by atoms with van der Waals surface area (Å²) in [6.07, 6.45) is 0. The SMILES string of the molecule is Cc1nc2c(cc(OCC(=O)Nc3ccc(F)cc3F)c3ccsc32)s1. The van der Waals surface area contributed by atoms with Crippen molar-refractivity contribution < 1.29 is 18.3 Å². The number of nitrogens with one attached hydrogen (secondary N) is 1. The molecule has 2 aromatic heterocycles. The van der Waals surface area contributed by atoms with E-state index < -0.39 is 17.5 Å². The van der Waals surface area contributed by atoms with Crippen LogP contribution in [0.4, 0.5) is 14.5 Å². The molecule has 4 aromatic rings. The standard InChI is InChI=1S/C18H12F2N2O2S2/c1-9-21-17-15(26-9)7-14(11-4-5-25-18(11)17)24-8-16(23)22-13-3-2-10(19)6-12(13)20/h2-7H,8H2,1H3,(H,22,23). The summed E-state index contributed by atoms with van der Waals surface area (Å²) in [6, 6.07) is 6.74. The number of carbonyl (C=O) groups is 1. The van der Waals surface area contributed by atoms with Crippen molar-refractivity contribution in [2.45, 2.75) is 6.92 Å². The maximum atomic E-state index is 13.6. The minimum absolute atomic E-state index is 0.0887. The smallest absolute Gasteiger partial charge is 0.262 e. The molecule has 2 heterocycles. The zero-order chi connectivity index (χ0) is 18.3. The number of rotatable bonds is 4. The average molecular weight is 390 g/mol. The summed E-state index contributed by atoms with van der Waals surface area (Å²) in [5, 5.41) is 6.16. The van der Waals surface area contributed by atoms with E-state index in [1.54, 1.807) is 22.7 Å². The van der Waals surface area contributed by atoms with Gasteiger partial charge in [0.2, 0.25) is 0 Å². The number of benzene rings is 2. The van der Waals surface area contributed by atoms with Gasteiger partial charge in [-0.25, -0.2) is 13.8 Å². The third-order valence-electron chi connectivity index (χ3n) is 3.73. The first-order valence-corrected chi connectivity index (χ1v) is 9.36. The Kier molecular flexibility index (Phi) is 4.29. The second-order valence-electron chi connectivity index (χ2n) is 5.58. The lowest BCUT2D eigenvalue weighted by Crippen LogP contribution is -2.20. The van der Waals surface area contributed by atoms with E-state index in [1.807, 2.05) is 24.4 Å². The molecule has 0 atom stereocenters. The van der Waals surface area contributed by atoms with Crippen LogP contribution in [0.15, 0.2) is 35.7 Å². The van der Waals surface area contributed by atoms with Crippen molar-refractivity contribution in [1.82, 2.24) is 4.98 Å². The molecule has 0 unspecified atom stereocenters. The zero-order valence-electron chi connectivity index (χ0n) is 13.5. The first-order valence-electron chi connectivity index (χ1n) is 7.66. The quantitative estimate of drug-likeness (QED) is 0.526. The number of ether oxygens (including phenoxy) is 1. The van der Waals surface area contributed by atoms with Crippen LogP contribution in [-0.2, 0) is 4.79 Å². The van der Waals surface area contributed by atoms with Gasteiger partial charge in [0.05, 0.1) is 25.6 Å². The highest BCUT2D eigenvalue weighted by atomic mass is 32.1. The molecule has 1 amide bonds. The summed E-state index contributed by atoms with van der Waals surface area (Å²) in [5.74, 6) is -1.49. The molecule has 0 saturated carbocycles. The topological polar surface area (TPSA) is 51.2 Å². The minimum Gasteiger partial charge on any atom is -0.483 e. The van der Waals surface area contributed by atoms with Gasteiger partial charge in [-0.3, -0.25) is 4.79 Å². The molecule has 0 saturated heterocycles. The second kappa shape index (κ2) is 6.62. The molecule has 8 heteroatoms. The molecule has 0 aliphatic carbocycles. The summed E-state index contributed by atoms with van der Waals surface area (Å²) < 4.78 is 34.2. The number of aromatic nitrogens is 1. The minimum atomic E-state index is -0.833. The average Bonchev–Trinajstić information content (AvgIpc) is 3.20. The van der Waals surface area contributed by atoms with Crippen LogP contribution in [0.2, 0.25) is 0 Å². The lowest BCUT2D eigenvalue weighted by atomic mass is 10.2. The molecule has 0 aliphatic heterocycles. The van der Waals surface area contributed by atoms with E-state index in [9.17, 15) is 13.6 Å². The van der Waals surface area contributed by atoms with Gasteiger partial charge < -0.3 is 10.1 Å². The van der Waals surface area contributed by atoms with Crippen molar-refractivity contribution in [2.75, 3.05) is 11.9 Å². The fraction of sp³-hybridized carbons (Fsp3) is 0.111. The molecular formula is C18H12F2N2O2S2. The van der Waals surface area contributed by atoms with Crippen molar-refractivity contribution >= 4 is 54.6 Å². The second-order valence-corrected chi connectivity index (χ2v) is 7.73. The Labute approximate surface area is 155 Å². The molecule has 132 valence electrons. The Hall–Kier alpha value is -2.58. The van der Waals surface area contributed by atoms with E-state index in [2.05, 4.69) is 10.3 Å². The van der Waals surface area contributed by atoms with Gasteiger partial charge in [0, 0.05) is 17.5 Å². The Bertz CT molecular complexity index is 1140. The fourth-order valence-electron chi connectivity index (χ4n) is 2.63. The number of aryl methyl sites for hydroxylation is 1. The van der Waals surface area contributed by atoms with Gasteiger partial charge in [-0.1, -0.05) is 0 Å². The molecule has 0 radical (unpaired) electrons. The summed E-state index contributed by atoms with van der Waals surface area (Å²) >= 11 is 3.12.